The Morgan fingerprint density at radius 1 is 1.29 bits per heavy atom. The second kappa shape index (κ2) is 5.09. The fourth-order valence-corrected chi connectivity index (χ4v) is 1.77. The summed E-state index contributed by atoms with van der Waals surface area (Å²) in [5.41, 5.74) is 0.696. The van der Waals surface area contributed by atoms with E-state index in [9.17, 15) is 4.79 Å². The van der Waals surface area contributed by atoms with Gasteiger partial charge in [0.05, 0.1) is 6.20 Å². The number of carbonyl (C=O) groups is 1. The molecule has 2 rings (SSSR count). The molecule has 0 aliphatic heterocycles. The van der Waals surface area contributed by atoms with Gasteiger partial charge in [-0.2, -0.15) is 5.26 Å². The molecule has 1 aromatic carbocycles. The monoisotopic (exact) mass is 244 g/mol. The first-order valence-corrected chi connectivity index (χ1v) is 5.58. The van der Waals surface area contributed by atoms with E-state index in [0.717, 1.165) is 11.3 Å². The number of anilines is 2. The molecule has 17 heavy (non-hydrogen) atoms. The number of nitrogens with one attached hydrogen (secondary N) is 2. The van der Waals surface area contributed by atoms with Gasteiger partial charge in [0.1, 0.15) is 10.9 Å². The number of amides is 2. The van der Waals surface area contributed by atoms with Crippen LogP contribution in [0.2, 0.25) is 0 Å². The van der Waals surface area contributed by atoms with E-state index in [1.165, 1.54) is 6.20 Å². The van der Waals surface area contributed by atoms with Gasteiger partial charge in [-0.05, 0) is 12.1 Å². The maximum atomic E-state index is 11.5. The minimum atomic E-state index is -0.380. The maximum Gasteiger partial charge on any atom is 0.325 e. The minimum Gasteiger partial charge on any atom is -0.308 e. The molecule has 84 valence electrons. The summed E-state index contributed by atoms with van der Waals surface area (Å²) in [4.78, 5) is 15.9. The number of hydrogen-bond donors (Lipinski definition) is 2. The van der Waals surface area contributed by atoms with Crippen LogP contribution >= 0.6 is 11.3 Å². The molecule has 0 spiro atoms. The molecule has 0 aliphatic rings. The molecule has 0 saturated heterocycles. The van der Waals surface area contributed by atoms with Crippen molar-refractivity contribution < 1.29 is 4.79 Å². The third-order valence-corrected chi connectivity index (χ3v) is 2.69. The standard InChI is InChI=1S/C11H8N4OS/c12-6-9-7-13-11(17-9)15-10(16)14-8-4-2-1-3-5-8/h1-5,7H,(H2,13,14,15,16). The van der Waals surface area contributed by atoms with E-state index in [4.69, 9.17) is 5.26 Å². The highest BCUT2D eigenvalue weighted by atomic mass is 32.1. The van der Waals surface area contributed by atoms with Crippen LogP contribution in [-0.2, 0) is 0 Å². The van der Waals surface area contributed by atoms with Gasteiger partial charge in [-0.3, -0.25) is 5.32 Å². The van der Waals surface area contributed by atoms with Crippen LogP contribution in [0.15, 0.2) is 36.5 Å². The Balaban J connectivity index is 1.96. The summed E-state index contributed by atoms with van der Waals surface area (Å²) < 4.78 is 0. The van der Waals surface area contributed by atoms with Crippen molar-refractivity contribution in [2.45, 2.75) is 0 Å². The van der Waals surface area contributed by atoms with Crippen LogP contribution < -0.4 is 10.6 Å². The lowest BCUT2D eigenvalue weighted by Gasteiger charge is -2.04. The molecule has 0 fully saturated rings. The number of nitriles is 1. The SMILES string of the molecule is N#Cc1cnc(NC(=O)Nc2ccccc2)s1. The van der Waals surface area contributed by atoms with Gasteiger partial charge < -0.3 is 5.32 Å². The number of rotatable bonds is 2. The molecule has 0 radical (unpaired) electrons. The smallest absolute Gasteiger partial charge is 0.308 e. The molecule has 2 N–H and O–H groups in total. The summed E-state index contributed by atoms with van der Waals surface area (Å²) in [6.07, 6.45) is 1.42. The van der Waals surface area contributed by atoms with Gasteiger partial charge in [0.15, 0.2) is 5.13 Å². The number of aromatic nitrogens is 1. The van der Waals surface area contributed by atoms with Gasteiger partial charge in [0, 0.05) is 5.69 Å². The van der Waals surface area contributed by atoms with Gasteiger partial charge in [-0.15, -0.1) is 0 Å². The number of para-hydroxylation sites is 1. The van der Waals surface area contributed by atoms with Crippen molar-refractivity contribution in [2.75, 3.05) is 10.6 Å². The Morgan fingerprint density at radius 2 is 2.06 bits per heavy atom. The van der Waals surface area contributed by atoms with E-state index >= 15 is 0 Å². The van der Waals surface area contributed by atoms with E-state index in [1.54, 1.807) is 12.1 Å². The summed E-state index contributed by atoms with van der Waals surface area (Å²) >= 11 is 1.13. The van der Waals surface area contributed by atoms with Crippen molar-refractivity contribution in [3.8, 4) is 6.07 Å². The zero-order valence-electron chi connectivity index (χ0n) is 8.68. The van der Waals surface area contributed by atoms with Crippen LogP contribution in [0.4, 0.5) is 15.6 Å². The fourth-order valence-electron chi connectivity index (χ4n) is 1.16. The molecule has 0 saturated carbocycles. The van der Waals surface area contributed by atoms with Gasteiger partial charge in [-0.25, -0.2) is 9.78 Å². The Kier molecular flexibility index (Phi) is 3.33. The number of urea groups is 1. The van der Waals surface area contributed by atoms with Gasteiger partial charge in [0.25, 0.3) is 0 Å². The molecule has 0 unspecified atom stereocenters. The normalized spacial score (nSPS) is 9.35. The summed E-state index contributed by atoms with van der Waals surface area (Å²) in [6, 6.07) is 10.7. The molecular formula is C11H8N4OS. The highest BCUT2D eigenvalue weighted by Gasteiger charge is 2.05. The molecule has 0 bridgehead atoms. The van der Waals surface area contributed by atoms with Crippen LogP contribution in [-0.4, -0.2) is 11.0 Å². The molecule has 6 heteroatoms. The van der Waals surface area contributed by atoms with Crippen LogP contribution in [0.5, 0.6) is 0 Å². The number of carbonyl (C=O) groups excluding carboxylic acids is 1. The lowest BCUT2D eigenvalue weighted by atomic mass is 10.3. The average Bonchev–Trinajstić information content (AvgIpc) is 2.78. The molecule has 2 amide bonds. The molecule has 1 heterocycles. The zero-order chi connectivity index (χ0) is 12.1. The third-order valence-electron chi connectivity index (χ3n) is 1.87. The van der Waals surface area contributed by atoms with Crippen LogP contribution in [0, 0.1) is 11.3 Å². The number of thiazole rings is 1. The van der Waals surface area contributed by atoms with Crippen LogP contribution in [0.1, 0.15) is 4.88 Å². The Labute approximate surface area is 102 Å². The van der Waals surface area contributed by atoms with E-state index < -0.39 is 0 Å². The third kappa shape index (κ3) is 3.03. The highest BCUT2D eigenvalue weighted by Crippen LogP contribution is 2.17. The first kappa shape index (κ1) is 11.1. The molecule has 5 nitrogen and oxygen atoms in total. The minimum absolute atomic E-state index is 0.380. The number of nitrogens with zero attached hydrogens (tertiary/aromatic N) is 2. The van der Waals surface area contributed by atoms with Gasteiger partial charge in [-0.1, -0.05) is 29.5 Å². The fraction of sp³-hybridized carbons (Fsp3) is 0. The molecule has 2 aromatic rings. The van der Waals surface area contributed by atoms with Gasteiger partial charge >= 0.3 is 6.03 Å². The number of hydrogen-bond acceptors (Lipinski definition) is 4. The van der Waals surface area contributed by atoms with Crippen molar-refractivity contribution in [1.29, 1.82) is 5.26 Å². The van der Waals surface area contributed by atoms with Crippen molar-refractivity contribution >= 4 is 28.2 Å². The van der Waals surface area contributed by atoms with E-state index in [0.29, 0.717) is 15.7 Å². The van der Waals surface area contributed by atoms with Crippen molar-refractivity contribution in [3.63, 3.8) is 0 Å². The first-order chi connectivity index (χ1) is 8.28. The van der Waals surface area contributed by atoms with Crippen molar-refractivity contribution in [3.05, 3.63) is 41.4 Å². The summed E-state index contributed by atoms with van der Waals surface area (Å²) in [5.74, 6) is 0. The Bertz CT molecular complexity index is 558. The second-order valence-corrected chi connectivity index (χ2v) is 4.12. The second-order valence-electron chi connectivity index (χ2n) is 3.09. The predicted octanol–water partition coefficient (Wildman–Crippen LogP) is 2.66. The van der Waals surface area contributed by atoms with Gasteiger partial charge in [0.2, 0.25) is 0 Å². The van der Waals surface area contributed by atoms with Crippen molar-refractivity contribution in [2.24, 2.45) is 0 Å². The topological polar surface area (TPSA) is 77.8 Å². The average molecular weight is 244 g/mol. The first-order valence-electron chi connectivity index (χ1n) is 4.77. The summed E-state index contributed by atoms with van der Waals surface area (Å²) in [7, 11) is 0. The molecule has 1 aromatic heterocycles. The summed E-state index contributed by atoms with van der Waals surface area (Å²) in [6.45, 7) is 0. The summed E-state index contributed by atoms with van der Waals surface area (Å²) in [5, 5.41) is 14.2. The highest BCUT2D eigenvalue weighted by molar-refractivity contribution is 7.16. The lowest BCUT2D eigenvalue weighted by Crippen LogP contribution is -2.19. The Hall–Kier alpha value is -2.39. The molecule has 0 aliphatic carbocycles. The predicted molar refractivity (Wildman–Crippen MR) is 65.9 cm³/mol. The zero-order valence-corrected chi connectivity index (χ0v) is 9.49. The lowest BCUT2D eigenvalue weighted by molar-refractivity contribution is 0.262. The van der Waals surface area contributed by atoms with E-state index in [1.807, 2.05) is 24.3 Å². The van der Waals surface area contributed by atoms with Crippen LogP contribution in [0.25, 0.3) is 0 Å². The van der Waals surface area contributed by atoms with Crippen molar-refractivity contribution in [1.82, 2.24) is 4.98 Å². The molecular weight excluding hydrogens is 236 g/mol. The molecule has 0 atom stereocenters. The maximum absolute atomic E-state index is 11.5. The van der Waals surface area contributed by atoms with Crippen LogP contribution in [0.3, 0.4) is 0 Å². The Morgan fingerprint density at radius 3 is 2.71 bits per heavy atom. The largest absolute Gasteiger partial charge is 0.325 e. The quantitative estimate of drug-likeness (QED) is 0.852. The van der Waals surface area contributed by atoms with E-state index in [-0.39, 0.29) is 6.03 Å². The number of benzene rings is 1. The van der Waals surface area contributed by atoms with E-state index in [2.05, 4.69) is 15.6 Å².